The monoisotopic (exact) mass is 735 g/mol. The van der Waals surface area contributed by atoms with Gasteiger partial charge in [-0.25, -0.2) is 4.79 Å². The number of phenols is 2. The summed E-state index contributed by atoms with van der Waals surface area (Å²) in [6.45, 7) is 4.56. The molecule has 0 bridgehead atoms. The zero-order chi connectivity index (χ0) is 38.0. The van der Waals surface area contributed by atoms with Crippen LogP contribution in [-0.4, -0.2) is 16.2 Å². The molecular weight excluding hydrogens is 653 g/mol. The van der Waals surface area contributed by atoms with Crippen molar-refractivity contribution in [2.24, 2.45) is 0 Å². The Kier molecular flexibility index (Phi) is 29.0. The Labute approximate surface area is 327 Å². The van der Waals surface area contributed by atoms with Crippen LogP contribution in [0.5, 0.6) is 17.2 Å². The minimum atomic E-state index is -0.633. The SMILES string of the molecule is CCCCCCCCCCCCCCCCCCCCc1ccc(C(=O)Oc2ccccc2CCCCCCCCCCCCCCCC)c(O)c1O. The highest BCUT2D eigenvalue weighted by molar-refractivity contribution is 5.95. The second-order valence-corrected chi connectivity index (χ2v) is 16.1. The standard InChI is InChI=1S/C49H82O4/c1-3-5-7-9-11-13-15-17-19-20-21-22-24-26-28-30-32-34-39-44-41-42-45(48(51)47(44)50)49(52)53-46-40-36-35-38-43(46)37-33-31-29-27-25-23-18-16-14-12-10-8-6-4-2/h35-36,38,40-42,50-51H,3-34,37,39H2,1-2H3. The summed E-state index contributed by atoms with van der Waals surface area (Å²) in [5.41, 5.74) is 1.71. The van der Waals surface area contributed by atoms with Crippen molar-refractivity contribution < 1.29 is 19.7 Å². The number of esters is 1. The van der Waals surface area contributed by atoms with Gasteiger partial charge in [-0.05, 0) is 48.9 Å². The van der Waals surface area contributed by atoms with Crippen molar-refractivity contribution in [3.05, 3.63) is 53.1 Å². The molecule has 0 radical (unpaired) electrons. The van der Waals surface area contributed by atoms with Crippen LogP contribution in [0.15, 0.2) is 36.4 Å². The Hall–Kier alpha value is -2.49. The third kappa shape index (κ3) is 23.1. The number of ether oxygens (including phenoxy) is 1. The van der Waals surface area contributed by atoms with Crippen LogP contribution in [0.25, 0.3) is 0 Å². The van der Waals surface area contributed by atoms with E-state index in [9.17, 15) is 15.0 Å². The number of carbonyl (C=O) groups excluding carboxylic acids is 1. The molecule has 2 aromatic rings. The van der Waals surface area contributed by atoms with Crippen LogP contribution in [0, 0.1) is 0 Å². The number of hydrogen-bond donors (Lipinski definition) is 2. The molecule has 0 amide bonds. The molecule has 2 N–H and O–H groups in total. The molecule has 0 spiro atoms. The fourth-order valence-corrected chi connectivity index (χ4v) is 7.68. The summed E-state index contributed by atoms with van der Waals surface area (Å²) in [5, 5.41) is 21.5. The molecule has 0 aliphatic rings. The van der Waals surface area contributed by atoms with E-state index in [1.165, 1.54) is 186 Å². The Morgan fingerprint density at radius 2 is 0.755 bits per heavy atom. The Balaban J connectivity index is 1.55. The van der Waals surface area contributed by atoms with Crippen LogP contribution in [0.1, 0.15) is 241 Å². The van der Waals surface area contributed by atoms with Gasteiger partial charge in [-0.2, -0.15) is 0 Å². The molecule has 0 saturated heterocycles. The third-order valence-electron chi connectivity index (χ3n) is 11.2. The van der Waals surface area contributed by atoms with Gasteiger partial charge in [-0.3, -0.25) is 0 Å². The van der Waals surface area contributed by atoms with E-state index in [1.807, 2.05) is 24.3 Å². The van der Waals surface area contributed by atoms with Gasteiger partial charge < -0.3 is 14.9 Å². The highest BCUT2D eigenvalue weighted by Gasteiger charge is 2.20. The molecule has 53 heavy (non-hydrogen) atoms. The second kappa shape index (κ2) is 32.9. The summed E-state index contributed by atoms with van der Waals surface area (Å²) in [6, 6.07) is 11.1. The van der Waals surface area contributed by atoms with E-state index in [4.69, 9.17) is 4.74 Å². The largest absolute Gasteiger partial charge is 0.504 e. The minimum absolute atomic E-state index is 0.00958. The fourth-order valence-electron chi connectivity index (χ4n) is 7.68. The molecular formula is C49H82O4. The number of phenolic OH excluding ortho intramolecular Hbond substituents is 2. The summed E-state index contributed by atoms with van der Waals surface area (Å²) in [5.74, 6) is -0.665. The Morgan fingerprint density at radius 1 is 0.415 bits per heavy atom. The summed E-state index contributed by atoms with van der Waals surface area (Å²) in [4.78, 5) is 13.1. The number of hydrogen-bond acceptors (Lipinski definition) is 4. The van der Waals surface area contributed by atoms with E-state index in [2.05, 4.69) is 13.8 Å². The quantitative estimate of drug-likeness (QED) is 0.0317. The van der Waals surface area contributed by atoms with Gasteiger partial charge in [0.2, 0.25) is 0 Å². The van der Waals surface area contributed by atoms with Crippen molar-refractivity contribution in [2.45, 2.75) is 232 Å². The van der Waals surface area contributed by atoms with Crippen molar-refractivity contribution in [3.63, 3.8) is 0 Å². The average Bonchev–Trinajstić information content (AvgIpc) is 3.16. The number of benzene rings is 2. The van der Waals surface area contributed by atoms with Gasteiger partial charge in [0.15, 0.2) is 11.5 Å². The Bertz CT molecular complexity index is 1160. The lowest BCUT2D eigenvalue weighted by atomic mass is 10.0. The number of rotatable bonds is 36. The molecule has 302 valence electrons. The summed E-state index contributed by atoms with van der Waals surface area (Å²) < 4.78 is 5.77. The lowest BCUT2D eigenvalue weighted by molar-refractivity contribution is 0.0729. The second-order valence-electron chi connectivity index (χ2n) is 16.1. The van der Waals surface area contributed by atoms with E-state index in [1.54, 1.807) is 12.1 Å². The average molecular weight is 735 g/mol. The smallest absolute Gasteiger partial charge is 0.347 e. The van der Waals surface area contributed by atoms with Crippen LogP contribution in [0.3, 0.4) is 0 Å². The minimum Gasteiger partial charge on any atom is -0.504 e. The molecule has 2 rings (SSSR count). The molecule has 4 nitrogen and oxygen atoms in total. The number of unbranched alkanes of at least 4 members (excludes halogenated alkanes) is 30. The van der Waals surface area contributed by atoms with Crippen LogP contribution in [0.2, 0.25) is 0 Å². The molecule has 0 fully saturated rings. The van der Waals surface area contributed by atoms with Crippen molar-refractivity contribution in [1.29, 1.82) is 0 Å². The first-order chi connectivity index (χ1) is 26.1. The Morgan fingerprint density at radius 3 is 1.15 bits per heavy atom. The van der Waals surface area contributed by atoms with E-state index in [0.717, 1.165) is 31.2 Å². The molecule has 0 aromatic heterocycles. The number of para-hydroxylation sites is 1. The predicted octanol–water partition coefficient (Wildman–Crippen LogP) is 15.9. The maximum absolute atomic E-state index is 13.1. The van der Waals surface area contributed by atoms with Crippen molar-refractivity contribution in [3.8, 4) is 17.2 Å². The first-order valence-corrected chi connectivity index (χ1v) is 22.9. The lowest BCUT2D eigenvalue weighted by Crippen LogP contribution is -2.10. The van der Waals surface area contributed by atoms with Crippen molar-refractivity contribution in [2.75, 3.05) is 0 Å². The molecule has 0 aliphatic heterocycles. The van der Waals surface area contributed by atoms with Gasteiger partial charge in [0.1, 0.15) is 11.3 Å². The van der Waals surface area contributed by atoms with E-state index in [0.29, 0.717) is 17.7 Å². The maximum atomic E-state index is 13.1. The normalized spacial score (nSPS) is 11.4. The molecule has 2 aromatic carbocycles. The summed E-state index contributed by atoms with van der Waals surface area (Å²) in [7, 11) is 0. The summed E-state index contributed by atoms with van der Waals surface area (Å²) >= 11 is 0. The predicted molar refractivity (Wildman–Crippen MR) is 228 cm³/mol. The van der Waals surface area contributed by atoms with E-state index in [-0.39, 0.29) is 17.1 Å². The van der Waals surface area contributed by atoms with Crippen molar-refractivity contribution >= 4 is 5.97 Å². The molecule has 0 atom stereocenters. The van der Waals surface area contributed by atoms with Crippen LogP contribution >= 0.6 is 0 Å². The zero-order valence-corrected chi connectivity index (χ0v) is 34.7. The van der Waals surface area contributed by atoms with Gasteiger partial charge >= 0.3 is 5.97 Å². The highest BCUT2D eigenvalue weighted by Crippen LogP contribution is 2.35. The molecule has 0 saturated carbocycles. The van der Waals surface area contributed by atoms with Crippen molar-refractivity contribution in [1.82, 2.24) is 0 Å². The number of aromatic hydroxyl groups is 2. The van der Waals surface area contributed by atoms with Gasteiger partial charge in [-0.15, -0.1) is 0 Å². The van der Waals surface area contributed by atoms with Crippen LogP contribution < -0.4 is 4.74 Å². The van der Waals surface area contributed by atoms with Crippen LogP contribution in [-0.2, 0) is 12.8 Å². The zero-order valence-electron chi connectivity index (χ0n) is 34.7. The first kappa shape index (κ1) is 46.7. The lowest BCUT2D eigenvalue weighted by Gasteiger charge is -2.13. The van der Waals surface area contributed by atoms with E-state index < -0.39 is 5.97 Å². The highest BCUT2D eigenvalue weighted by atomic mass is 16.5. The van der Waals surface area contributed by atoms with E-state index >= 15 is 0 Å². The van der Waals surface area contributed by atoms with Gasteiger partial charge in [0, 0.05) is 0 Å². The summed E-state index contributed by atoms with van der Waals surface area (Å²) in [6.07, 6.45) is 44.2. The first-order valence-electron chi connectivity index (χ1n) is 22.9. The molecule has 0 unspecified atom stereocenters. The van der Waals surface area contributed by atoms with Crippen LogP contribution in [0.4, 0.5) is 0 Å². The topological polar surface area (TPSA) is 66.8 Å². The molecule has 0 heterocycles. The van der Waals surface area contributed by atoms with Gasteiger partial charge in [-0.1, -0.05) is 231 Å². The fraction of sp³-hybridized carbons (Fsp3) is 0.735. The maximum Gasteiger partial charge on any atom is 0.347 e. The van der Waals surface area contributed by atoms with Gasteiger partial charge in [0.05, 0.1) is 0 Å². The number of aryl methyl sites for hydroxylation is 2. The van der Waals surface area contributed by atoms with Gasteiger partial charge in [0.25, 0.3) is 0 Å². The molecule has 4 heteroatoms. The number of carbonyl (C=O) groups is 1. The molecule has 0 aliphatic carbocycles. The third-order valence-corrected chi connectivity index (χ3v) is 11.2.